The molecule has 0 aliphatic carbocycles. The topological polar surface area (TPSA) is 135 Å². The number of halogens is 6. The molecule has 0 aliphatic rings. The normalized spacial score (nSPS) is 13.9. The van der Waals surface area contributed by atoms with E-state index in [1.165, 1.54) is 6.07 Å². The molecule has 3 aromatic rings. The van der Waals surface area contributed by atoms with E-state index in [-0.39, 0.29) is 22.8 Å². The lowest BCUT2D eigenvalue weighted by Gasteiger charge is -2.17. The summed E-state index contributed by atoms with van der Waals surface area (Å²) in [6.45, 7) is 1.73. The van der Waals surface area contributed by atoms with E-state index in [2.05, 4.69) is 45.5 Å². The summed E-state index contributed by atoms with van der Waals surface area (Å²) in [6, 6.07) is -2.63. The molecule has 16 heteroatoms. The number of rotatable bonds is 6. The third-order valence-electron chi connectivity index (χ3n) is 4.21. The van der Waals surface area contributed by atoms with Gasteiger partial charge in [0.05, 0.1) is 5.56 Å². The predicted molar refractivity (Wildman–Crippen MR) is 102 cm³/mol. The van der Waals surface area contributed by atoms with Gasteiger partial charge in [0.15, 0.2) is 11.6 Å². The fourth-order valence-electron chi connectivity index (χ4n) is 2.39. The Hall–Kier alpha value is -3.85. The van der Waals surface area contributed by atoms with Crippen molar-refractivity contribution in [3.8, 4) is 28.7 Å². The number of anilines is 2. The van der Waals surface area contributed by atoms with Gasteiger partial charge in [-0.25, -0.2) is 24.9 Å². The van der Waals surface area contributed by atoms with Crippen molar-refractivity contribution in [2.45, 2.75) is 38.3 Å². The number of pyridine rings is 1. The highest BCUT2D eigenvalue weighted by Gasteiger charge is 2.37. The van der Waals surface area contributed by atoms with E-state index >= 15 is 0 Å². The van der Waals surface area contributed by atoms with Crippen LogP contribution in [0, 0.1) is 0 Å². The predicted octanol–water partition coefficient (Wildman–Crippen LogP) is 3.22. The Labute approximate surface area is 181 Å². The molecule has 0 spiro atoms. The molecule has 0 aromatic carbocycles. The van der Waals surface area contributed by atoms with Gasteiger partial charge in [-0.3, -0.25) is 0 Å². The highest BCUT2D eigenvalue weighted by atomic mass is 19.4. The number of alkyl halides is 6. The van der Waals surface area contributed by atoms with E-state index in [0.29, 0.717) is 0 Å². The summed E-state index contributed by atoms with van der Waals surface area (Å²) >= 11 is 0. The van der Waals surface area contributed by atoms with E-state index in [1.807, 2.05) is 0 Å². The zero-order valence-corrected chi connectivity index (χ0v) is 16.8. The summed E-state index contributed by atoms with van der Waals surface area (Å²) in [7, 11) is 0. The minimum absolute atomic E-state index is 0.0358. The van der Waals surface area contributed by atoms with Gasteiger partial charge in [0.25, 0.3) is 0 Å². The Balaban J connectivity index is 2.00. The van der Waals surface area contributed by atoms with Gasteiger partial charge in [0.1, 0.15) is 24.7 Å². The lowest BCUT2D eigenvalue weighted by atomic mass is 10.1. The van der Waals surface area contributed by atoms with Crippen molar-refractivity contribution in [1.29, 1.82) is 0 Å². The molecule has 33 heavy (non-hydrogen) atoms. The molecule has 0 saturated carbocycles. The van der Waals surface area contributed by atoms with Gasteiger partial charge in [-0.15, -0.1) is 0 Å². The Morgan fingerprint density at radius 2 is 1.24 bits per heavy atom. The van der Waals surface area contributed by atoms with Gasteiger partial charge in [-0.05, 0) is 19.9 Å². The Morgan fingerprint density at radius 1 is 0.758 bits per heavy atom. The maximum atomic E-state index is 12.8. The Morgan fingerprint density at radius 3 is 1.76 bits per heavy atom. The lowest BCUT2D eigenvalue weighted by Crippen LogP contribution is -2.33. The van der Waals surface area contributed by atoms with Crippen LogP contribution in [0.25, 0.3) is 22.8 Å². The van der Waals surface area contributed by atoms with Crippen LogP contribution in [0.5, 0.6) is 5.88 Å². The maximum Gasteiger partial charge on any atom is 0.408 e. The monoisotopic (exact) mass is 475 g/mol. The van der Waals surface area contributed by atoms with Crippen LogP contribution in [0.2, 0.25) is 0 Å². The fourth-order valence-corrected chi connectivity index (χ4v) is 2.39. The van der Waals surface area contributed by atoms with Gasteiger partial charge in [0.2, 0.25) is 17.8 Å². The molecular formula is C17H15F6N9O. The standard InChI is InChI=1S/C17H15F6N9O/c1-7(16(18,19)20)29-14-27-5-25-11(31-14)9-3-4-24-13(33)10(9)12-26-6-28-15(32-12)30-8(2)17(21,22)23/h3-8H,1-2H3,(H,24,33)(H,25,27,29,31)(H,26,28,30,32). The van der Waals surface area contributed by atoms with Crippen LogP contribution in [0.4, 0.5) is 38.2 Å². The average molecular weight is 475 g/mol. The van der Waals surface area contributed by atoms with Crippen molar-refractivity contribution in [2.24, 2.45) is 0 Å². The third-order valence-corrected chi connectivity index (χ3v) is 4.21. The van der Waals surface area contributed by atoms with E-state index in [0.717, 1.165) is 32.7 Å². The van der Waals surface area contributed by atoms with E-state index in [1.54, 1.807) is 0 Å². The molecule has 0 bridgehead atoms. The molecule has 3 N–H and O–H groups in total. The first-order valence-electron chi connectivity index (χ1n) is 9.09. The second-order valence-corrected chi connectivity index (χ2v) is 6.64. The Kier molecular flexibility index (Phi) is 6.46. The molecule has 3 heterocycles. The molecule has 0 saturated heterocycles. The molecule has 0 amide bonds. The van der Waals surface area contributed by atoms with Crippen LogP contribution in [-0.2, 0) is 0 Å². The minimum atomic E-state index is -4.57. The van der Waals surface area contributed by atoms with Crippen LogP contribution >= 0.6 is 0 Å². The second-order valence-electron chi connectivity index (χ2n) is 6.64. The number of hydrogen-bond donors (Lipinski definition) is 3. The molecule has 3 rings (SSSR count). The Bertz CT molecular complexity index is 1120. The second kappa shape index (κ2) is 8.95. The molecule has 2 unspecified atom stereocenters. The molecule has 2 atom stereocenters. The number of aromatic hydroxyl groups is 1. The molecule has 176 valence electrons. The first-order chi connectivity index (χ1) is 15.4. The number of hydrogen-bond acceptors (Lipinski definition) is 10. The molecule has 0 radical (unpaired) electrons. The largest absolute Gasteiger partial charge is 0.493 e. The van der Waals surface area contributed by atoms with Crippen LogP contribution in [0.15, 0.2) is 24.9 Å². The highest BCUT2D eigenvalue weighted by molar-refractivity contribution is 5.80. The average Bonchev–Trinajstić information content (AvgIpc) is 2.72. The summed E-state index contributed by atoms with van der Waals surface area (Å²) in [5.74, 6) is -1.90. The van der Waals surface area contributed by atoms with Crippen molar-refractivity contribution in [1.82, 2.24) is 34.9 Å². The zero-order valence-electron chi connectivity index (χ0n) is 16.8. The highest BCUT2D eigenvalue weighted by Crippen LogP contribution is 2.34. The van der Waals surface area contributed by atoms with Crippen LogP contribution in [-0.4, -0.2) is 64.4 Å². The lowest BCUT2D eigenvalue weighted by molar-refractivity contribution is -0.139. The third kappa shape index (κ3) is 5.69. The summed E-state index contributed by atoms with van der Waals surface area (Å²) in [5.41, 5.74) is -0.141. The number of aromatic nitrogens is 7. The van der Waals surface area contributed by atoms with Gasteiger partial charge in [0, 0.05) is 11.8 Å². The smallest absolute Gasteiger partial charge is 0.408 e. The molecular weight excluding hydrogens is 460 g/mol. The van der Waals surface area contributed by atoms with Gasteiger partial charge >= 0.3 is 12.4 Å². The van der Waals surface area contributed by atoms with Crippen LogP contribution < -0.4 is 10.6 Å². The molecule has 10 nitrogen and oxygen atoms in total. The van der Waals surface area contributed by atoms with Crippen molar-refractivity contribution < 1.29 is 31.4 Å². The van der Waals surface area contributed by atoms with Gasteiger partial charge in [-0.1, -0.05) is 0 Å². The van der Waals surface area contributed by atoms with E-state index in [4.69, 9.17) is 0 Å². The molecule has 0 fully saturated rings. The zero-order chi connectivity index (χ0) is 24.4. The van der Waals surface area contributed by atoms with E-state index < -0.39 is 42.2 Å². The summed E-state index contributed by atoms with van der Waals surface area (Å²) in [6.07, 6.45) is -6.11. The van der Waals surface area contributed by atoms with Crippen molar-refractivity contribution in [2.75, 3.05) is 10.6 Å². The van der Waals surface area contributed by atoms with Crippen LogP contribution in [0.1, 0.15) is 13.8 Å². The van der Waals surface area contributed by atoms with Gasteiger partial charge in [-0.2, -0.15) is 36.3 Å². The van der Waals surface area contributed by atoms with Crippen molar-refractivity contribution in [3.05, 3.63) is 24.9 Å². The summed E-state index contributed by atoms with van der Waals surface area (Å²) in [4.78, 5) is 26.5. The quantitative estimate of drug-likeness (QED) is 0.456. The van der Waals surface area contributed by atoms with Crippen LogP contribution in [0.3, 0.4) is 0 Å². The van der Waals surface area contributed by atoms with Crippen molar-refractivity contribution >= 4 is 11.9 Å². The summed E-state index contributed by atoms with van der Waals surface area (Å²) in [5, 5.41) is 14.4. The SMILES string of the molecule is CC(Nc1ncnc(-c2ccnc(O)c2-c2ncnc(NC(C)C(F)(F)F)n2)n1)C(F)(F)F. The maximum absolute atomic E-state index is 12.8. The van der Waals surface area contributed by atoms with Crippen molar-refractivity contribution in [3.63, 3.8) is 0 Å². The van der Waals surface area contributed by atoms with E-state index in [9.17, 15) is 31.4 Å². The number of nitrogens with one attached hydrogen (secondary N) is 2. The minimum Gasteiger partial charge on any atom is -0.493 e. The molecule has 3 aromatic heterocycles. The number of nitrogens with zero attached hydrogens (tertiary/aromatic N) is 7. The molecule has 0 aliphatic heterocycles. The first kappa shape index (κ1) is 23.8. The fraction of sp³-hybridized carbons (Fsp3) is 0.353. The summed E-state index contributed by atoms with van der Waals surface area (Å²) < 4.78 is 77.0. The first-order valence-corrected chi connectivity index (χ1v) is 9.09. The van der Waals surface area contributed by atoms with Gasteiger partial charge < -0.3 is 15.7 Å².